The molecular formula is C41H48ClN9O3S. The second kappa shape index (κ2) is 18.7. The highest BCUT2D eigenvalue weighted by molar-refractivity contribution is 7.99. The molecule has 0 saturated carbocycles. The van der Waals surface area contributed by atoms with E-state index in [0.717, 1.165) is 49.2 Å². The molecule has 0 fully saturated rings. The zero-order chi connectivity index (χ0) is 38.9. The molecule has 0 saturated heterocycles. The summed E-state index contributed by atoms with van der Waals surface area (Å²) in [7, 11) is 1.58. The lowest BCUT2D eigenvalue weighted by atomic mass is 9.96. The van der Waals surface area contributed by atoms with Crippen molar-refractivity contribution in [1.29, 1.82) is 0 Å². The van der Waals surface area contributed by atoms with Gasteiger partial charge in [0.05, 0.1) is 11.1 Å². The number of fused-ring (bicyclic) bond motifs is 3. The number of H-pyrrole nitrogens is 1. The van der Waals surface area contributed by atoms with Gasteiger partial charge < -0.3 is 43.0 Å². The fourth-order valence-electron chi connectivity index (χ4n) is 6.95. The van der Waals surface area contributed by atoms with Crippen molar-refractivity contribution in [2.45, 2.75) is 66.8 Å². The van der Waals surface area contributed by atoms with Gasteiger partial charge in [-0.1, -0.05) is 78.0 Å². The number of rotatable bonds is 9. The summed E-state index contributed by atoms with van der Waals surface area (Å²) in [6.07, 6.45) is 5.49. The highest BCUT2D eigenvalue weighted by Gasteiger charge is 2.34. The summed E-state index contributed by atoms with van der Waals surface area (Å²) in [6, 6.07) is 20.8. The summed E-state index contributed by atoms with van der Waals surface area (Å²) in [6.45, 7) is 1.13. The third-order valence-electron chi connectivity index (χ3n) is 9.98. The summed E-state index contributed by atoms with van der Waals surface area (Å²) < 4.78 is 0. The molecule has 0 aliphatic carbocycles. The zero-order valence-corrected chi connectivity index (χ0v) is 32.4. The number of pyridine rings is 1. The Balaban J connectivity index is 1.48. The number of hydrogen-bond acceptors (Lipinski definition) is 9. The SMILES string of the molecule is CN1C(=O)[C@H](CN)NC(=O)[C@H](CCCN)NCc2cccnc2Sc2c(Cl)ccc(-c3cccc(CCN)c3)c2CNC(=O)[C@@H]1Cc1c[nH]c2ccccc12. The quantitative estimate of drug-likeness (QED) is 0.116. The molecule has 0 radical (unpaired) electrons. The molecule has 1 aliphatic rings. The van der Waals surface area contributed by atoms with Crippen LogP contribution in [0.1, 0.15) is 35.1 Å². The Morgan fingerprint density at radius 1 is 0.927 bits per heavy atom. The first kappa shape index (κ1) is 39.9. The maximum Gasteiger partial charge on any atom is 0.246 e. The number of benzene rings is 3. The number of amides is 3. The minimum Gasteiger partial charge on any atom is -0.361 e. The Labute approximate surface area is 330 Å². The second-order valence-corrected chi connectivity index (χ2v) is 15.0. The second-order valence-electron chi connectivity index (χ2n) is 13.6. The van der Waals surface area contributed by atoms with Crippen LogP contribution in [0.25, 0.3) is 22.0 Å². The van der Waals surface area contributed by atoms with Crippen LogP contribution in [0.5, 0.6) is 0 Å². The highest BCUT2D eigenvalue weighted by Crippen LogP contribution is 2.41. The number of nitrogens with zero attached hydrogens (tertiary/aromatic N) is 2. The summed E-state index contributed by atoms with van der Waals surface area (Å²) in [5.41, 5.74) is 24.3. The van der Waals surface area contributed by atoms with Crippen molar-refractivity contribution >= 4 is 52.0 Å². The Hall–Kier alpha value is -4.76. The molecule has 3 atom stereocenters. The molecule has 6 rings (SSSR count). The lowest BCUT2D eigenvalue weighted by Crippen LogP contribution is -2.59. The van der Waals surface area contributed by atoms with E-state index >= 15 is 0 Å². The van der Waals surface area contributed by atoms with Gasteiger partial charge in [0.15, 0.2) is 0 Å². The number of carbonyl (C=O) groups is 3. The third kappa shape index (κ3) is 9.38. The fourth-order valence-corrected chi connectivity index (χ4v) is 8.29. The van der Waals surface area contributed by atoms with E-state index in [1.165, 1.54) is 16.7 Å². The first-order valence-corrected chi connectivity index (χ1v) is 19.7. The molecule has 0 bridgehead atoms. The lowest BCUT2D eigenvalue weighted by Gasteiger charge is -2.31. The van der Waals surface area contributed by atoms with Gasteiger partial charge in [0, 0.05) is 61.3 Å². The number of aromatic nitrogens is 2. The number of nitrogens with one attached hydrogen (secondary N) is 4. The zero-order valence-electron chi connectivity index (χ0n) is 30.8. The maximum absolute atomic E-state index is 14.6. The minimum absolute atomic E-state index is 0.100. The predicted octanol–water partition coefficient (Wildman–Crippen LogP) is 3.88. The number of para-hydroxylation sites is 1. The van der Waals surface area contributed by atoms with Crippen LogP contribution in [0, 0.1) is 0 Å². The molecule has 2 aromatic heterocycles. The number of likely N-dealkylation sites (N-methyl/N-ethyl adjacent to an activating group) is 1. The Morgan fingerprint density at radius 3 is 2.56 bits per heavy atom. The largest absolute Gasteiger partial charge is 0.361 e. The smallest absolute Gasteiger partial charge is 0.246 e. The van der Waals surface area contributed by atoms with E-state index < -0.39 is 24.0 Å². The monoisotopic (exact) mass is 781 g/mol. The first-order valence-electron chi connectivity index (χ1n) is 18.5. The molecule has 12 nitrogen and oxygen atoms in total. The number of hydrogen-bond donors (Lipinski definition) is 7. The van der Waals surface area contributed by atoms with E-state index in [2.05, 4.69) is 27.0 Å². The molecule has 14 heteroatoms. The molecule has 0 unspecified atom stereocenters. The van der Waals surface area contributed by atoms with Gasteiger partial charge in [-0.25, -0.2) is 4.98 Å². The minimum atomic E-state index is -1.08. The molecule has 3 amide bonds. The average Bonchev–Trinajstić information content (AvgIpc) is 3.61. The van der Waals surface area contributed by atoms with Crippen LogP contribution in [-0.2, 0) is 40.3 Å². The fraction of sp³-hybridized carbons (Fsp3) is 0.317. The Kier molecular flexibility index (Phi) is 13.6. The van der Waals surface area contributed by atoms with Gasteiger partial charge in [-0.3, -0.25) is 14.4 Å². The molecule has 3 heterocycles. The molecule has 5 aromatic rings. The lowest BCUT2D eigenvalue weighted by molar-refractivity contribution is -0.141. The van der Waals surface area contributed by atoms with Crippen LogP contribution in [0.2, 0.25) is 5.02 Å². The van der Waals surface area contributed by atoms with Crippen molar-refractivity contribution in [1.82, 2.24) is 30.8 Å². The molecular weight excluding hydrogens is 734 g/mol. The number of carbonyl (C=O) groups excluding carboxylic acids is 3. The third-order valence-corrected chi connectivity index (χ3v) is 11.6. The van der Waals surface area contributed by atoms with Gasteiger partial charge in [-0.05, 0) is 83.9 Å². The summed E-state index contributed by atoms with van der Waals surface area (Å²) >= 11 is 8.44. The van der Waals surface area contributed by atoms with Crippen LogP contribution >= 0.6 is 23.4 Å². The molecule has 10 N–H and O–H groups in total. The predicted molar refractivity (Wildman–Crippen MR) is 218 cm³/mol. The van der Waals surface area contributed by atoms with Crippen LogP contribution in [-0.4, -0.2) is 77.4 Å². The number of halogens is 1. The van der Waals surface area contributed by atoms with Crippen molar-refractivity contribution in [2.24, 2.45) is 17.2 Å². The van der Waals surface area contributed by atoms with Gasteiger partial charge >= 0.3 is 0 Å². The molecule has 55 heavy (non-hydrogen) atoms. The van der Waals surface area contributed by atoms with Gasteiger partial charge in [-0.15, -0.1) is 0 Å². The van der Waals surface area contributed by atoms with E-state index in [4.69, 9.17) is 33.8 Å². The van der Waals surface area contributed by atoms with Crippen LogP contribution in [0.3, 0.4) is 0 Å². The van der Waals surface area contributed by atoms with Crippen molar-refractivity contribution < 1.29 is 14.4 Å². The van der Waals surface area contributed by atoms with Crippen molar-refractivity contribution in [3.05, 3.63) is 112 Å². The topological polar surface area (TPSA) is 197 Å². The maximum atomic E-state index is 14.6. The summed E-state index contributed by atoms with van der Waals surface area (Å²) in [4.78, 5) is 52.8. The molecule has 288 valence electrons. The van der Waals surface area contributed by atoms with E-state index in [0.29, 0.717) is 48.9 Å². The number of aromatic amines is 1. The Morgan fingerprint density at radius 2 is 1.76 bits per heavy atom. The normalized spacial score (nSPS) is 18.7. The van der Waals surface area contributed by atoms with Crippen LogP contribution in [0.4, 0.5) is 0 Å². The summed E-state index contributed by atoms with van der Waals surface area (Å²) in [5, 5.41) is 11.5. The van der Waals surface area contributed by atoms with Crippen molar-refractivity contribution in [3.8, 4) is 11.1 Å². The van der Waals surface area contributed by atoms with E-state index in [1.54, 1.807) is 13.2 Å². The van der Waals surface area contributed by atoms with Crippen LogP contribution in [0.15, 0.2) is 95.1 Å². The highest BCUT2D eigenvalue weighted by atomic mass is 35.5. The van der Waals surface area contributed by atoms with Gasteiger partial charge in [0.2, 0.25) is 17.7 Å². The van der Waals surface area contributed by atoms with Gasteiger partial charge in [0.25, 0.3) is 0 Å². The average molecular weight is 782 g/mol. The number of nitrogens with two attached hydrogens (primary N) is 3. The van der Waals surface area contributed by atoms with E-state index in [-0.39, 0.29) is 31.3 Å². The van der Waals surface area contributed by atoms with Crippen LogP contribution < -0.4 is 33.2 Å². The Bertz CT molecular complexity index is 2140. The molecule has 3 aromatic carbocycles. The standard InChI is InChI=1S/C41H48ClN9O3S/c1-51-36(20-28-23-47-33-11-3-2-10-30(28)33)39(53)49-24-31-29(26-8-4-7-25(19-26)15-17-44)13-14-32(42)37(31)55-40-27(9-6-18-46-40)22-48-34(12-5-16-43)38(52)50-35(21-45)41(51)54/h2-4,6-11,13-14,18-19,23,34-36,47-48H,5,12,15-17,20-22,24,43-45H2,1H3,(H,49,53)(H,50,52)/t34-,35-,36-/m0/s1. The van der Waals surface area contributed by atoms with E-state index in [1.807, 2.05) is 72.9 Å². The first-order chi connectivity index (χ1) is 26.7. The van der Waals surface area contributed by atoms with Crippen molar-refractivity contribution in [3.63, 3.8) is 0 Å². The van der Waals surface area contributed by atoms with Gasteiger partial charge in [-0.2, -0.15) is 0 Å². The van der Waals surface area contributed by atoms with E-state index in [9.17, 15) is 14.4 Å². The van der Waals surface area contributed by atoms with Gasteiger partial charge in [0.1, 0.15) is 17.1 Å². The van der Waals surface area contributed by atoms with Crippen molar-refractivity contribution in [2.75, 3.05) is 26.7 Å². The molecule has 1 aliphatic heterocycles. The molecule has 0 spiro atoms. The summed E-state index contributed by atoms with van der Waals surface area (Å²) in [5.74, 6) is -1.25.